The Balaban J connectivity index is 2.66. The summed E-state index contributed by atoms with van der Waals surface area (Å²) in [5, 5.41) is 0. The number of hydrogen-bond donors (Lipinski definition) is 1. The maximum atomic E-state index is 11.7. The van der Waals surface area contributed by atoms with E-state index in [4.69, 9.17) is 14.2 Å². The van der Waals surface area contributed by atoms with Crippen LogP contribution in [0.1, 0.15) is 10.4 Å². The maximum Gasteiger partial charge on any atom is 0.258 e. The first kappa shape index (κ1) is 14.6. The second kappa shape index (κ2) is 6.13. The SMILES string of the molecule is COc1ccc(-c2ccc(C=O)c(=O)[nH]2)c(OC)c1OC. The summed E-state index contributed by atoms with van der Waals surface area (Å²) in [5.74, 6) is 1.38. The maximum absolute atomic E-state index is 11.7. The van der Waals surface area contributed by atoms with Gasteiger partial charge in [-0.25, -0.2) is 0 Å². The van der Waals surface area contributed by atoms with Crippen molar-refractivity contribution in [1.82, 2.24) is 4.98 Å². The molecule has 0 saturated heterocycles. The molecule has 0 bridgehead atoms. The van der Waals surface area contributed by atoms with Crippen molar-refractivity contribution in [1.29, 1.82) is 0 Å². The van der Waals surface area contributed by atoms with E-state index < -0.39 is 5.56 Å². The van der Waals surface area contributed by atoms with Crippen molar-refractivity contribution < 1.29 is 19.0 Å². The van der Waals surface area contributed by atoms with Crippen LogP contribution in [0.4, 0.5) is 0 Å². The van der Waals surface area contributed by atoms with E-state index in [0.717, 1.165) is 0 Å². The van der Waals surface area contributed by atoms with Gasteiger partial charge in [0.25, 0.3) is 5.56 Å². The molecule has 0 aliphatic rings. The molecular weight excluding hydrogens is 274 g/mol. The number of aromatic amines is 1. The zero-order chi connectivity index (χ0) is 15.4. The lowest BCUT2D eigenvalue weighted by Gasteiger charge is -2.15. The second-order valence-corrected chi connectivity index (χ2v) is 4.16. The molecule has 0 saturated carbocycles. The lowest BCUT2D eigenvalue weighted by atomic mass is 10.1. The average Bonchev–Trinajstić information content (AvgIpc) is 2.52. The molecule has 0 fully saturated rings. The van der Waals surface area contributed by atoms with Gasteiger partial charge in [0.2, 0.25) is 5.75 Å². The van der Waals surface area contributed by atoms with E-state index in [2.05, 4.69) is 4.98 Å². The summed E-state index contributed by atoms with van der Waals surface area (Å²) < 4.78 is 15.9. The van der Waals surface area contributed by atoms with Gasteiger partial charge in [-0.05, 0) is 24.3 Å². The van der Waals surface area contributed by atoms with Gasteiger partial charge < -0.3 is 19.2 Å². The van der Waals surface area contributed by atoms with Gasteiger partial charge in [0.1, 0.15) is 0 Å². The number of H-pyrrole nitrogens is 1. The van der Waals surface area contributed by atoms with Crippen LogP contribution in [-0.2, 0) is 0 Å². The molecule has 0 spiro atoms. The van der Waals surface area contributed by atoms with E-state index in [1.165, 1.54) is 27.4 Å². The molecule has 2 rings (SSSR count). The quantitative estimate of drug-likeness (QED) is 0.850. The summed E-state index contributed by atoms with van der Waals surface area (Å²) in [4.78, 5) is 25.1. The Bertz CT molecular complexity index is 720. The molecule has 1 aromatic carbocycles. The Hall–Kier alpha value is -2.76. The fraction of sp³-hybridized carbons (Fsp3) is 0.200. The average molecular weight is 289 g/mol. The van der Waals surface area contributed by atoms with Crippen LogP contribution in [0.25, 0.3) is 11.3 Å². The highest BCUT2D eigenvalue weighted by Crippen LogP contribution is 2.43. The molecule has 0 amide bonds. The summed E-state index contributed by atoms with van der Waals surface area (Å²) in [6, 6.07) is 6.54. The number of carbonyl (C=O) groups excluding carboxylic acids is 1. The molecule has 6 nitrogen and oxygen atoms in total. The van der Waals surface area contributed by atoms with E-state index >= 15 is 0 Å². The van der Waals surface area contributed by atoms with Gasteiger partial charge in [0, 0.05) is 5.56 Å². The number of pyridine rings is 1. The Morgan fingerprint density at radius 2 is 1.67 bits per heavy atom. The van der Waals surface area contributed by atoms with Crippen LogP contribution in [0.2, 0.25) is 0 Å². The third-order valence-electron chi connectivity index (χ3n) is 3.06. The number of benzene rings is 1. The van der Waals surface area contributed by atoms with Gasteiger partial charge >= 0.3 is 0 Å². The molecule has 0 aliphatic carbocycles. The number of rotatable bonds is 5. The molecule has 110 valence electrons. The number of aldehydes is 1. The largest absolute Gasteiger partial charge is 0.493 e. The van der Waals surface area contributed by atoms with Crippen molar-refractivity contribution in [3.8, 4) is 28.5 Å². The fourth-order valence-corrected chi connectivity index (χ4v) is 2.05. The number of ether oxygens (including phenoxy) is 3. The molecule has 0 unspecified atom stereocenters. The lowest BCUT2D eigenvalue weighted by Crippen LogP contribution is -2.12. The van der Waals surface area contributed by atoms with Gasteiger partial charge in [-0.1, -0.05) is 0 Å². The highest BCUT2D eigenvalue weighted by Gasteiger charge is 2.17. The minimum Gasteiger partial charge on any atom is -0.493 e. The minimum atomic E-state index is -0.459. The van der Waals surface area contributed by atoms with E-state index in [1.54, 1.807) is 18.2 Å². The van der Waals surface area contributed by atoms with E-state index in [-0.39, 0.29) is 5.56 Å². The fourth-order valence-electron chi connectivity index (χ4n) is 2.05. The third kappa shape index (κ3) is 2.60. The van der Waals surface area contributed by atoms with Crippen LogP contribution in [0.15, 0.2) is 29.1 Å². The molecular formula is C15H15NO5. The normalized spacial score (nSPS) is 10.0. The van der Waals surface area contributed by atoms with Crippen LogP contribution in [0, 0.1) is 0 Å². The van der Waals surface area contributed by atoms with Crippen LogP contribution >= 0.6 is 0 Å². The molecule has 0 aliphatic heterocycles. The number of aromatic nitrogens is 1. The zero-order valence-corrected chi connectivity index (χ0v) is 11.9. The van der Waals surface area contributed by atoms with Gasteiger partial charge in [0.05, 0.1) is 32.6 Å². The molecule has 0 radical (unpaired) electrons. The predicted molar refractivity (Wildman–Crippen MR) is 77.5 cm³/mol. The molecule has 0 atom stereocenters. The van der Waals surface area contributed by atoms with Crippen molar-refractivity contribution in [3.05, 3.63) is 40.2 Å². The standard InChI is InChI=1S/C15H15NO5/c1-19-12-7-5-10(13(20-2)14(12)21-3)11-6-4-9(8-17)15(18)16-11/h4-8H,1-3H3,(H,16,18). The summed E-state index contributed by atoms with van der Waals surface area (Å²) in [6.45, 7) is 0. The monoisotopic (exact) mass is 289 g/mol. The van der Waals surface area contributed by atoms with E-state index in [9.17, 15) is 9.59 Å². The topological polar surface area (TPSA) is 77.6 Å². The Morgan fingerprint density at radius 3 is 2.19 bits per heavy atom. The second-order valence-electron chi connectivity index (χ2n) is 4.16. The first-order chi connectivity index (χ1) is 10.2. The molecule has 1 aromatic heterocycles. The third-order valence-corrected chi connectivity index (χ3v) is 3.06. The van der Waals surface area contributed by atoms with E-state index in [1.807, 2.05) is 0 Å². The highest BCUT2D eigenvalue weighted by atomic mass is 16.5. The van der Waals surface area contributed by atoms with Crippen LogP contribution in [-0.4, -0.2) is 32.6 Å². The zero-order valence-electron chi connectivity index (χ0n) is 11.9. The van der Waals surface area contributed by atoms with Gasteiger partial charge in [-0.2, -0.15) is 0 Å². The summed E-state index contributed by atoms with van der Waals surface area (Å²) in [5.41, 5.74) is 0.755. The number of methoxy groups -OCH3 is 3. The van der Waals surface area contributed by atoms with Gasteiger partial charge in [-0.15, -0.1) is 0 Å². The van der Waals surface area contributed by atoms with E-state index in [0.29, 0.717) is 34.8 Å². The molecule has 1 N–H and O–H groups in total. The number of hydrogen-bond acceptors (Lipinski definition) is 5. The lowest BCUT2D eigenvalue weighted by molar-refractivity contribution is 0.112. The number of carbonyl (C=O) groups is 1. The summed E-state index contributed by atoms with van der Waals surface area (Å²) in [6.07, 6.45) is 0.508. The van der Waals surface area contributed by atoms with Crippen molar-refractivity contribution >= 4 is 6.29 Å². The van der Waals surface area contributed by atoms with Crippen molar-refractivity contribution in [2.75, 3.05) is 21.3 Å². The first-order valence-corrected chi connectivity index (χ1v) is 6.14. The van der Waals surface area contributed by atoms with Crippen molar-refractivity contribution in [2.45, 2.75) is 0 Å². The van der Waals surface area contributed by atoms with Crippen LogP contribution in [0.5, 0.6) is 17.2 Å². The Kier molecular flexibility index (Phi) is 4.27. The summed E-state index contributed by atoms with van der Waals surface area (Å²) in [7, 11) is 4.53. The molecule has 21 heavy (non-hydrogen) atoms. The minimum absolute atomic E-state index is 0.0678. The van der Waals surface area contributed by atoms with Gasteiger partial charge in [-0.3, -0.25) is 9.59 Å². The predicted octanol–water partition coefficient (Wildman–Crippen LogP) is 1.88. The highest BCUT2D eigenvalue weighted by molar-refractivity contribution is 5.77. The molecule has 2 aromatic rings. The van der Waals surface area contributed by atoms with Crippen molar-refractivity contribution in [3.63, 3.8) is 0 Å². The summed E-state index contributed by atoms with van der Waals surface area (Å²) >= 11 is 0. The first-order valence-electron chi connectivity index (χ1n) is 6.14. The Morgan fingerprint density at radius 1 is 0.952 bits per heavy atom. The molecule has 1 heterocycles. The van der Waals surface area contributed by atoms with Crippen LogP contribution < -0.4 is 19.8 Å². The smallest absolute Gasteiger partial charge is 0.258 e. The van der Waals surface area contributed by atoms with Crippen LogP contribution in [0.3, 0.4) is 0 Å². The van der Waals surface area contributed by atoms with Gasteiger partial charge in [0.15, 0.2) is 17.8 Å². The number of nitrogens with one attached hydrogen (secondary N) is 1. The van der Waals surface area contributed by atoms with Crippen molar-refractivity contribution in [2.24, 2.45) is 0 Å². The Labute approximate surface area is 121 Å². The molecule has 6 heteroatoms.